The van der Waals surface area contributed by atoms with E-state index in [-0.39, 0.29) is 0 Å². The van der Waals surface area contributed by atoms with Gasteiger partial charge in [-0.2, -0.15) is 0 Å². The van der Waals surface area contributed by atoms with Gasteiger partial charge in [0.2, 0.25) is 0 Å². The van der Waals surface area contributed by atoms with Crippen LogP contribution in [0.2, 0.25) is 5.02 Å². The molecule has 0 saturated heterocycles. The van der Waals surface area contributed by atoms with Crippen LogP contribution in [-0.4, -0.2) is 19.0 Å². The van der Waals surface area contributed by atoms with Gasteiger partial charge in [0.1, 0.15) is 0 Å². The van der Waals surface area contributed by atoms with E-state index in [1.807, 2.05) is 12.1 Å². The van der Waals surface area contributed by atoms with Gasteiger partial charge in [-0.05, 0) is 24.6 Å². The lowest BCUT2D eigenvalue weighted by Gasteiger charge is -2.12. The zero-order valence-electron chi connectivity index (χ0n) is 9.00. The molecule has 1 rings (SSSR count). The molecule has 1 atom stereocenters. The van der Waals surface area contributed by atoms with Gasteiger partial charge in [0.25, 0.3) is 0 Å². The maximum atomic E-state index is 5.91. The minimum atomic E-state index is 0.478. The number of nitrogen functional groups attached to an aromatic ring is 1. The molecule has 0 amide bonds. The number of thioether (sulfide) groups is 1. The van der Waals surface area contributed by atoms with Crippen molar-refractivity contribution in [3.63, 3.8) is 0 Å². The third-order valence-electron chi connectivity index (χ3n) is 2.03. The molecule has 0 aromatic heterocycles. The Morgan fingerprint density at radius 1 is 1.53 bits per heavy atom. The number of nitrogens with two attached hydrogens (primary N) is 1. The van der Waals surface area contributed by atoms with Crippen molar-refractivity contribution in [2.24, 2.45) is 0 Å². The van der Waals surface area contributed by atoms with Crippen LogP contribution in [0.25, 0.3) is 0 Å². The van der Waals surface area contributed by atoms with Crippen molar-refractivity contribution in [1.82, 2.24) is 0 Å². The van der Waals surface area contributed by atoms with Gasteiger partial charge in [0.15, 0.2) is 0 Å². The Balaban J connectivity index is 2.59. The molecule has 0 spiro atoms. The highest BCUT2D eigenvalue weighted by Crippen LogP contribution is 2.32. The fourth-order valence-electron chi connectivity index (χ4n) is 1.17. The quantitative estimate of drug-likeness (QED) is 0.638. The molecule has 1 aromatic carbocycles. The fourth-order valence-corrected chi connectivity index (χ4v) is 2.45. The van der Waals surface area contributed by atoms with E-state index in [0.29, 0.717) is 5.25 Å². The summed E-state index contributed by atoms with van der Waals surface area (Å²) in [4.78, 5) is 1.05. The molecule has 0 fully saturated rings. The molecule has 1 unspecified atom stereocenters. The van der Waals surface area contributed by atoms with Gasteiger partial charge >= 0.3 is 0 Å². The molecule has 0 aliphatic heterocycles. The van der Waals surface area contributed by atoms with Crippen molar-refractivity contribution in [2.45, 2.75) is 23.5 Å². The van der Waals surface area contributed by atoms with Crippen LogP contribution in [-0.2, 0) is 4.74 Å². The SMILES string of the molecule is COCCC(C)Sc1cc(Cl)ccc1N. The maximum absolute atomic E-state index is 5.91. The van der Waals surface area contributed by atoms with E-state index in [2.05, 4.69) is 6.92 Å². The van der Waals surface area contributed by atoms with Gasteiger partial charge in [-0.15, -0.1) is 11.8 Å². The number of rotatable bonds is 5. The minimum Gasteiger partial charge on any atom is -0.398 e. The number of benzene rings is 1. The lowest BCUT2D eigenvalue weighted by molar-refractivity contribution is 0.195. The Morgan fingerprint density at radius 3 is 2.93 bits per heavy atom. The van der Waals surface area contributed by atoms with Crippen LogP contribution in [0, 0.1) is 0 Å². The van der Waals surface area contributed by atoms with Gasteiger partial charge in [0, 0.05) is 34.6 Å². The van der Waals surface area contributed by atoms with E-state index in [0.717, 1.165) is 28.6 Å². The van der Waals surface area contributed by atoms with E-state index in [4.69, 9.17) is 22.1 Å². The molecule has 1 aromatic rings. The van der Waals surface area contributed by atoms with Crippen LogP contribution in [0.15, 0.2) is 23.1 Å². The summed E-state index contributed by atoms with van der Waals surface area (Å²) in [6, 6.07) is 5.55. The molecule has 15 heavy (non-hydrogen) atoms. The van der Waals surface area contributed by atoms with E-state index < -0.39 is 0 Å². The minimum absolute atomic E-state index is 0.478. The summed E-state index contributed by atoms with van der Waals surface area (Å²) in [5.74, 6) is 0. The third-order valence-corrected chi connectivity index (χ3v) is 3.51. The van der Waals surface area contributed by atoms with Crippen molar-refractivity contribution in [1.29, 1.82) is 0 Å². The molecule has 4 heteroatoms. The standard InChI is InChI=1S/C11H16ClNOS/c1-8(5-6-14-2)15-11-7-9(12)3-4-10(11)13/h3-4,7-8H,5-6,13H2,1-2H3. The smallest absolute Gasteiger partial charge is 0.0472 e. The number of methoxy groups -OCH3 is 1. The highest BCUT2D eigenvalue weighted by molar-refractivity contribution is 8.00. The average Bonchev–Trinajstić information content (AvgIpc) is 2.20. The molecule has 0 aliphatic carbocycles. The summed E-state index contributed by atoms with van der Waals surface area (Å²) >= 11 is 7.65. The molecular weight excluding hydrogens is 230 g/mol. The first kappa shape index (κ1) is 12.7. The Labute approximate surface area is 100 Å². The van der Waals surface area contributed by atoms with Crippen molar-refractivity contribution >= 4 is 29.1 Å². The molecule has 0 bridgehead atoms. The van der Waals surface area contributed by atoms with Crippen LogP contribution in [0.1, 0.15) is 13.3 Å². The van der Waals surface area contributed by atoms with Crippen LogP contribution in [0.3, 0.4) is 0 Å². The fraction of sp³-hybridized carbons (Fsp3) is 0.455. The zero-order valence-corrected chi connectivity index (χ0v) is 10.6. The second-order valence-corrected chi connectivity index (χ2v) is 5.31. The van der Waals surface area contributed by atoms with Crippen LogP contribution in [0.4, 0.5) is 5.69 Å². The summed E-state index contributed by atoms with van der Waals surface area (Å²) < 4.78 is 5.03. The highest BCUT2D eigenvalue weighted by Gasteiger charge is 2.07. The summed E-state index contributed by atoms with van der Waals surface area (Å²) in [5.41, 5.74) is 6.64. The first-order valence-electron chi connectivity index (χ1n) is 4.84. The average molecular weight is 246 g/mol. The molecule has 0 aliphatic rings. The molecule has 0 saturated carbocycles. The number of anilines is 1. The lowest BCUT2D eigenvalue weighted by atomic mass is 10.3. The summed E-state index contributed by atoms with van der Waals surface area (Å²) in [7, 11) is 1.71. The second-order valence-electron chi connectivity index (χ2n) is 3.39. The third kappa shape index (κ3) is 4.33. The first-order chi connectivity index (χ1) is 7.13. The summed E-state index contributed by atoms with van der Waals surface area (Å²) in [6.45, 7) is 2.93. The number of ether oxygens (including phenoxy) is 1. The normalized spacial score (nSPS) is 12.7. The number of hydrogen-bond donors (Lipinski definition) is 1. The van der Waals surface area contributed by atoms with Crippen molar-refractivity contribution in [3.8, 4) is 0 Å². The predicted molar refractivity (Wildman–Crippen MR) is 67.7 cm³/mol. The van der Waals surface area contributed by atoms with Crippen LogP contribution >= 0.6 is 23.4 Å². The Bertz CT molecular complexity index is 319. The Hall–Kier alpha value is -0.380. The van der Waals surface area contributed by atoms with E-state index in [1.165, 1.54) is 0 Å². The van der Waals surface area contributed by atoms with Gasteiger partial charge in [0.05, 0.1) is 0 Å². The van der Waals surface area contributed by atoms with Gasteiger partial charge < -0.3 is 10.5 Å². The zero-order chi connectivity index (χ0) is 11.3. The van der Waals surface area contributed by atoms with E-state index in [1.54, 1.807) is 24.9 Å². The van der Waals surface area contributed by atoms with Crippen LogP contribution < -0.4 is 5.73 Å². The molecule has 2 nitrogen and oxygen atoms in total. The maximum Gasteiger partial charge on any atom is 0.0472 e. The number of halogens is 1. The van der Waals surface area contributed by atoms with Crippen molar-refractivity contribution in [3.05, 3.63) is 23.2 Å². The largest absolute Gasteiger partial charge is 0.398 e. The molecule has 0 heterocycles. The lowest BCUT2D eigenvalue weighted by Crippen LogP contribution is -2.02. The molecule has 0 radical (unpaired) electrons. The molecular formula is C11H16ClNOS. The topological polar surface area (TPSA) is 35.2 Å². The van der Waals surface area contributed by atoms with Crippen molar-refractivity contribution in [2.75, 3.05) is 19.5 Å². The summed E-state index contributed by atoms with van der Waals surface area (Å²) in [6.07, 6.45) is 1.01. The Morgan fingerprint density at radius 2 is 2.27 bits per heavy atom. The summed E-state index contributed by atoms with van der Waals surface area (Å²) in [5, 5.41) is 1.20. The molecule has 2 N–H and O–H groups in total. The van der Waals surface area contributed by atoms with E-state index >= 15 is 0 Å². The molecule has 84 valence electrons. The predicted octanol–water partition coefficient (Wildman–Crippen LogP) is 3.44. The second kappa shape index (κ2) is 6.26. The van der Waals surface area contributed by atoms with Crippen LogP contribution in [0.5, 0.6) is 0 Å². The van der Waals surface area contributed by atoms with Gasteiger partial charge in [-0.3, -0.25) is 0 Å². The van der Waals surface area contributed by atoms with E-state index in [9.17, 15) is 0 Å². The van der Waals surface area contributed by atoms with Crippen molar-refractivity contribution < 1.29 is 4.74 Å². The number of hydrogen-bond acceptors (Lipinski definition) is 3. The Kier molecular flexibility index (Phi) is 5.29. The van der Waals surface area contributed by atoms with Gasteiger partial charge in [-0.1, -0.05) is 18.5 Å². The first-order valence-corrected chi connectivity index (χ1v) is 6.10. The van der Waals surface area contributed by atoms with Gasteiger partial charge in [-0.25, -0.2) is 0 Å². The highest BCUT2D eigenvalue weighted by atomic mass is 35.5. The monoisotopic (exact) mass is 245 g/mol.